The van der Waals surface area contributed by atoms with E-state index in [9.17, 15) is 4.79 Å². The van der Waals surface area contributed by atoms with Gasteiger partial charge in [-0.05, 0) is 12.5 Å². The van der Waals surface area contributed by atoms with E-state index in [1.807, 2.05) is 35.4 Å². The Labute approximate surface area is 150 Å². The molecule has 1 amide bonds. The van der Waals surface area contributed by atoms with Gasteiger partial charge < -0.3 is 9.32 Å². The summed E-state index contributed by atoms with van der Waals surface area (Å²) in [5, 5.41) is 2.95. The van der Waals surface area contributed by atoms with Crippen LogP contribution in [0.5, 0.6) is 0 Å². The zero-order valence-electron chi connectivity index (χ0n) is 14.1. The number of fused-ring (bicyclic) bond motifs is 1. The van der Waals surface area contributed by atoms with Crippen molar-refractivity contribution < 1.29 is 9.21 Å². The minimum absolute atomic E-state index is 0.101. The van der Waals surface area contributed by atoms with E-state index in [0.717, 1.165) is 34.5 Å². The highest BCUT2D eigenvalue weighted by Crippen LogP contribution is 2.22. The summed E-state index contributed by atoms with van der Waals surface area (Å²) < 4.78 is 5.90. The summed E-state index contributed by atoms with van der Waals surface area (Å²) in [5.41, 5.74) is 2.91. The van der Waals surface area contributed by atoms with E-state index in [-0.39, 0.29) is 5.91 Å². The molecule has 0 atom stereocenters. The number of hydrogen-bond donors (Lipinski definition) is 0. The molecule has 4 rings (SSSR count). The first-order valence-corrected chi connectivity index (χ1v) is 9.25. The molecular formula is C19H19N3O2S. The van der Waals surface area contributed by atoms with Gasteiger partial charge in [-0.2, -0.15) is 0 Å². The Morgan fingerprint density at radius 1 is 1.28 bits per heavy atom. The lowest BCUT2D eigenvalue weighted by Crippen LogP contribution is -2.36. The minimum Gasteiger partial charge on any atom is -0.445 e. The molecular weight excluding hydrogens is 334 g/mol. The Bertz CT molecular complexity index is 885. The van der Waals surface area contributed by atoms with Gasteiger partial charge in [0.05, 0.1) is 23.7 Å². The van der Waals surface area contributed by atoms with Gasteiger partial charge in [-0.25, -0.2) is 9.97 Å². The van der Waals surface area contributed by atoms with Crippen molar-refractivity contribution in [3.8, 4) is 0 Å². The van der Waals surface area contributed by atoms with Crippen molar-refractivity contribution in [3.63, 3.8) is 0 Å². The van der Waals surface area contributed by atoms with Gasteiger partial charge in [0.2, 0.25) is 5.91 Å². The average molecular weight is 353 g/mol. The SMILES string of the molecule is Cc1nc(CC(=O)N2CCc3oc(Cc4ccccc4)nc3C2)cs1. The molecule has 128 valence electrons. The minimum atomic E-state index is 0.101. The van der Waals surface area contributed by atoms with E-state index in [1.165, 1.54) is 5.56 Å². The molecule has 0 saturated carbocycles. The number of rotatable bonds is 4. The van der Waals surface area contributed by atoms with E-state index >= 15 is 0 Å². The molecule has 0 N–H and O–H groups in total. The predicted molar refractivity (Wildman–Crippen MR) is 95.4 cm³/mol. The lowest BCUT2D eigenvalue weighted by atomic mass is 10.1. The molecule has 0 unspecified atom stereocenters. The summed E-state index contributed by atoms with van der Waals surface area (Å²) in [6, 6.07) is 10.2. The number of hydrogen-bond acceptors (Lipinski definition) is 5. The fraction of sp³-hybridized carbons (Fsp3) is 0.316. The van der Waals surface area contributed by atoms with Crippen LogP contribution in [0.2, 0.25) is 0 Å². The zero-order valence-corrected chi connectivity index (χ0v) is 14.9. The topological polar surface area (TPSA) is 59.2 Å². The number of carbonyl (C=O) groups is 1. The fourth-order valence-corrected chi connectivity index (χ4v) is 3.68. The van der Waals surface area contributed by atoms with E-state index in [0.29, 0.717) is 25.9 Å². The molecule has 0 saturated heterocycles. The van der Waals surface area contributed by atoms with Crippen molar-refractivity contribution in [1.29, 1.82) is 0 Å². The molecule has 1 aliphatic rings. The standard InChI is InChI=1S/C19H19N3O2S/c1-13-20-15(12-25-13)10-19(23)22-8-7-17-16(11-22)21-18(24-17)9-14-5-3-2-4-6-14/h2-6,12H,7-11H2,1H3. The van der Waals surface area contributed by atoms with Crippen LogP contribution in [0.4, 0.5) is 0 Å². The first-order valence-electron chi connectivity index (χ1n) is 8.37. The van der Waals surface area contributed by atoms with Crippen LogP contribution in [0, 0.1) is 6.92 Å². The Kier molecular flexibility index (Phi) is 4.36. The largest absolute Gasteiger partial charge is 0.445 e. The number of thiazole rings is 1. The molecule has 0 bridgehead atoms. The highest BCUT2D eigenvalue weighted by atomic mass is 32.1. The molecule has 0 radical (unpaired) electrons. The Hall–Kier alpha value is -2.47. The maximum atomic E-state index is 12.5. The second kappa shape index (κ2) is 6.80. The van der Waals surface area contributed by atoms with Gasteiger partial charge in [-0.15, -0.1) is 11.3 Å². The molecule has 3 heterocycles. The highest BCUT2D eigenvalue weighted by molar-refractivity contribution is 7.09. The van der Waals surface area contributed by atoms with Crippen molar-refractivity contribution in [3.05, 3.63) is 69.3 Å². The Morgan fingerprint density at radius 2 is 2.12 bits per heavy atom. The third-order valence-electron chi connectivity index (χ3n) is 4.32. The van der Waals surface area contributed by atoms with Gasteiger partial charge in [0.1, 0.15) is 11.5 Å². The average Bonchev–Trinajstić information content (AvgIpc) is 3.20. The second-order valence-electron chi connectivity index (χ2n) is 6.24. The summed E-state index contributed by atoms with van der Waals surface area (Å²) in [4.78, 5) is 23.4. The lowest BCUT2D eigenvalue weighted by molar-refractivity contribution is -0.131. The number of benzene rings is 1. The van der Waals surface area contributed by atoms with E-state index < -0.39 is 0 Å². The van der Waals surface area contributed by atoms with Crippen LogP contribution in [-0.4, -0.2) is 27.3 Å². The Balaban J connectivity index is 1.43. The van der Waals surface area contributed by atoms with Crippen LogP contribution >= 0.6 is 11.3 Å². The van der Waals surface area contributed by atoms with Crippen molar-refractivity contribution in [2.45, 2.75) is 32.7 Å². The smallest absolute Gasteiger partial charge is 0.228 e. The second-order valence-corrected chi connectivity index (χ2v) is 7.30. The third-order valence-corrected chi connectivity index (χ3v) is 5.14. The molecule has 2 aromatic heterocycles. The quantitative estimate of drug-likeness (QED) is 0.723. The molecule has 1 aliphatic heterocycles. The number of aromatic nitrogens is 2. The molecule has 0 aliphatic carbocycles. The third kappa shape index (κ3) is 3.64. The van der Waals surface area contributed by atoms with Crippen LogP contribution < -0.4 is 0 Å². The Morgan fingerprint density at radius 3 is 2.88 bits per heavy atom. The van der Waals surface area contributed by atoms with Crippen LogP contribution in [0.25, 0.3) is 0 Å². The number of aryl methyl sites for hydroxylation is 1. The van der Waals surface area contributed by atoms with E-state index in [1.54, 1.807) is 11.3 Å². The maximum Gasteiger partial charge on any atom is 0.228 e. The molecule has 0 spiro atoms. The summed E-state index contributed by atoms with van der Waals surface area (Å²) >= 11 is 1.58. The van der Waals surface area contributed by atoms with Gasteiger partial charge in [0.25, 0.3) is 0 Å². The lowest BCUT2D eigenvalue weighted by Gasteiger charge is -2.25. The molecule has 5 nitrogen and oxygen atoms in total. The predicted octanol–water partition coefficient (Wildman–Crippen LogP) is 3.16. The van der Waals surface area contributed by atoms with Gasteiger partial charge in [0.15, 0.2) is 5.89 Å². The summed E-state index contributed by atoms with van der Waals surface area (Å²) in [5.74, 6) is 1.74. The monoisotopic (exact) mass is 353 g/mol. The molecule has 0 fully saturated rings. The molecule has 6 heteroatoms. The van der Waals surface area contributed by atoms with Gasteiger partial charge in [-0.3, -0.25) is 4.79 Å². The summed E-state index contributed by atoms with van der Waals surface area (Å²) in [6.45, 7) is 3.15. The highest BCUT2D eigenvalue weighted by Gasteiger charge is 2.25. The summed E-state index contributed by atoms with van der Waals surface area (Å²) in [6.07, 6.45) is 1.76. The van der Waals surface area contributed by atoms with Crippen LogP contribution in [0.15, 0.2) is 40.1 Å². The molecule has 25 heavy (non-hydrogen) atoms. The van der Waals surface area contributed by atoms with Crippen molar-refractivity contribution in [2.75, 3.05) is 6.54 Å². The first kappa shape index (κ1) is 16.0. The van der Waals surface area contributed by atoms with Crippen molar-refractivity contribution in [2.24, 2.45) is 0 Å². The van der Waals surface area contributed by atoms with Gasteiger partial charge >= 0.3 is 0 Å². The van der Waals surface area contributed by atoms with Crippen LogP contribution in [0.1, 0.15) is 33.6 Å². The van der Waals surface area contributed by atoms with E-state index in [4.69, 9.17) is 4.42 Å². The van der Waals surface area contributed by atoms with Crippen LogP contribution in [0.3, 0.4) is 0 Å². The summed E-state index contributed by atoms with van der Waals surface area (Å²) in [7, 11) is 0. The number of oxazole rings is 1. The molecule has 1 aromatic carbocycles. The van der Waals surface area contributed by atoms with Crippen molar-refractivity contribution in [1.82, 2.24) is 14.9 Å². The van der Waals surface area contributed by atoms with E-state index in [2.05, 4.69) is 22.1 Å². The number of nitrogens with zero attached hydrogens (tertiary/aromatic N) is 3. The fourth-order valence-electron chi connectivity index (χ4n) is 3.07. The number of carbonyl (C=O) groups excluding carboxylic acids is 1. The maximum absolute atomic E-state index is 12.5. The molecule has 3 aromatic rings. The van der Waals surface area contributed by atoms with Gasteiger partial charge in [-0.1, -0.05) is 30.3 Å². The zero-order chi connectivity index (χ0) is 17.2. The van der Waals surface area contributed by atoms with Crippen LogP contribution in [-0.2, 0) is 30.6 Å². The first-order chi connectivity index (χ1) is 12.2. The van der Waals surface area contributed by atoms with Crippen molar-refractivity contribution >= 4 is 17.2 Å². The normalized spacial score (nSPS) is 13.7. The van der Waals surface area contributed by atoms with Gasteiger partial charge in [0, 0.05) is 24.8 Å². The number of amides is 1.